The van der Waals surface area contributed by atoms with Gasteiger partial charge in [0, 0.05) is 18.4 Å². The molecule has 1 aromatic carbocycles. The van der Waals surface area contributed by atoms with Crippen LogP contribution in [0.15, 0.2) is 48.8 Å². The number of hydrogen-bond donors (Lipinski definition) is 1. The summed E-state index contributed by atoms with van der Waals surface area (Å²) in [6.45, 7) is 5.77. The summed E-state index contributed by atoms with van der Waals surface area (Å²) >= 11 is 0. The Balaban J connectivity index is 2.17. The first kappa shape index (κ1) is 14.5. The van der Waals surface area contributed by atoms with Crippen LogP contribution in [0.4, 0.5) is 0 Å². The second-order valence-corrected chi connectivity index (χ2v) is 4.68. The van der Waals surface area contributed by atoms with E-state index in [0.717, 1.165) is 18.7 Å². The van der Waals surface area contributed by atoms with Crippen LogP contribution in [0.5, 0.6) is 5.75 Å². The molecule has 0 radical (unpaired) electrons. The molecule has 0 spiro atoms. The van der Waals surface area contributed by atoms with Crippen molar-refractivity contribution >= 4 is 0 Å². The zero-order valence-corrected chi connectivity index (χ0v) is 12.2. The standard InChI is InChI=1S/C17H22N2O/c1-3-19-17(12-14-8-10-18-11-9-14)15-6-5-7-16(13-15)20-4-2/h5-11,13,17,19H,3-4,12H2,1-2H3. The maximum absolute atomic E-state index is 5.59. The Labute approximate surface area is 121 Å². The van der Waals surface area contributed by atoms with Gasteiger partial charge < -0.3 is 10.1 Å². The molecule has 1 aromatic heterocycles. The van der Waals surface area contributed by atoms with Crippen LogP contribution in [-0.2, 0) is 6.42 Å². The summed E-state index contributed by atoms with van der Waals surface area (Å²) in [7, 11) is 0. The van der Waals surface area contributed by atoms with E-state index in [2.05, 4.69) is 47.6 Å². The maximum Gasteiger partial charge on any atom is 0.119 e. The maximum atomic E-state index is 5.59. The van der Waals surface area contributed by atoms with Crippen LogP contribution in [-0.4, -0.2) is 18.1 Å². The topological polar surface area (TPSA) is 34.2 Å². The van der Waals surface area contributed by atoms with Crippen molar-refractivity contribution in [2.45, 2.75) is 26.3 Å². The minimum absolute atomic E-state index is 0.294. The van der Waals surface area contributed by atoms with Gasteiger partial charge >= 0.3 is 0 Å². The summed E-state index contributed by atoms with van der Waals surface area (Å²) in [5.74, 6) is 0.933. The number of benzene rings is 1. The lowest BCUT2D eigenvalue weighted by Gasteiger charge is -2.19. The van der Waals surface area contributed by atoms with Gasteiger partial charge in [0.25, 0.3) is 0 Å². The molecule has 0 aliphatic heterocycles. The van der Waals surface area contributed by atoms with E-state index in [4.69, 9.17) is 4.74 Å². The third-order valence-corrected chi connectivity index (χ3v) is 3.21. The molecule has 20 heavy (non-hydrogen) atoms. The summed E-state index contributed by atoms with van der Waals surface area (Å²) in [6, 6.07) is 12.8. The zero-order chi connectivity index (χ0) is 14.2. The SMILES string of the molecule is CCNC(Cc1ccncc1)c1cccc(OCC)c1. The number of rotatable bonds is 7. The van der Waals surface area contributed by atoms with Crippen molar-refractivity contribution in [2.24, 2.45) is 0 Å². The first-order valence-corrected chi connectivity index (χ1v) is 7.18. The van der Waals surface area contributed by atoms with Crippen LogP contribution in [0.2, 0.25) is 0 Å². The highest BCUT2D eigenvalue weighted by Crippen LogP contribution is 2.22. The molecular weight excluding hydrogens is 248 g/mol. The Hall–Kier alpha value is -1.87. The lowest BCUT2D eigenvalue weighted by atomic mass is 9.99. The van der Waals surface area contributed by atoms with Gasteiger partial charge in [-0.3, -0.25) is 4.98 Å². The first-order chi connectivity index (χ1) is 9.83. The fourth-order valence-corrected chi connectivity index (χ4v) is 2.30. The van der Waals surface area contributed by atoms with E-state index in [1.165, 1.54) is 11.1 Å². The molecule has 0 bridgehead atoms. The average Bonchev–Trinajstić information content (AvgIpc) is 2.49. The number of ether oxygens (including phenoxy) is 1. The number of hydrogen-bond acceptors (Lipinski definition) is 3. The molecule has 3 heteroatoms. The Bertz CT molecular complexity index is 513. The Kier molecular flexibility index (Phi) is 5.56. The smallest absolute Gasteiger partial charge is 0.119 e. The summed E-state index contributed by atoms with van der Waals surface area (Å²) in [5.41, 5.74) is 2.54. The lowest BCUT2D eigenvalue weighted by molar-refractivity contribution is 0.339. The molecule has 0 saturated carbocycles. The zero-order valence-electron chi connectivity index (χ0n) is 12.2. The molecule has 1 atom stereocenters. The molecule has 1 N–H and O–H groups in total. The van der Waals surface area contributed by atoms with Gasteiger partial charge in [-0.25, -0.2) is 0 Å². The molecule has 3 nitrogen and oxygen atoms in total. The molecule has 2 rings (SSSR count). The summed E-state index contributed by atoms with van der Waals surface area (Å²) < 4.78 is 5.59. The van der Waals surface area contributed by atoms with Gasteiger partial charge in [-0.05, 0) is 55.3 Å². The van der Waals surface area contributed by atoms with Crippen molar-refractivity contribution in [1.82, 2.24) is 10.3 Å². The van der Waals surface area contributed by atoms with Crippen molar-refractivity contribution in [3.63, 3.8) is 0 Å². The lowest BCUT2D eigenvalue weighted by Crippen LogP contribution is -2.23. The van der Waals surface area contributed by atoms with Gasteiger partial charge in [0.1, 0.15) is 5.75 Å². The first-order valence-electron chi connectivity index (χ1n) is 7.18. The highest BCUT2D eigenvalue weighted by atomic mass is 16.5. The van der Waals surface area contributed by atoms with Crippen LogP contribution in [0.3, 0.4) is 0 Å². The average molecular weight is 270 g/mol. The summed E-state index contributed by atoms with van der Waals surface area (Å²) in [4.78, 5) is 4.07. The predicted molar refractivity (Wildman–Crippen MR) is 82.0 cm³/mol. The highest BCUT2D eigenvalue weighted by molar-refractivity contribution is 5.31. The molecule has 106 valence electrons. The summed E-state index contributed by atoms with van der Waals surface area (Å²) in [6.07, 6.45) is 4.63. The normalized spacial score (nSPS) is 12.1. The van der Waals surface area contributed by atoms with E-state index in [1.54, 1.807) is 0 Å². The Morgan fingerprint density at radius 3 is 2.65 bits per heavy atom. The van der Waals surface area contributed by atoms with Gasteiger partial charge in [-0.2, -0.15) is 0 Å². The minimum Gasteiger partial charge on any atom is -0.494 e. The van der Waals surface area contributed by atoms with Gasteiger partial charge in [0.2, 0.25) is 0 Å². The van der Waals surface area contributed by atoms with Crippen LogP contribution in [0.1, 0.15) is 31.0 Å². The molecule has 1 heterocycles. The van der Waals surface area contributed by atoms with Gasteiger partial charge in [0.05, 0.1) is 6.61 Å². The molecule has 0 aliphatic rings. The van der Waals surface area contributed by atoms with Gasteiger partial charge in [0.15, 0.2) is 0 Å². The van der Waals surface area contributed by atoms with E-state index in [-0.39, 0.29) is 0 Å². The minimum atomic E-state index is 0.294. The van der Waals surface area contributed by atoms with E-state index in [1.807, 2.05) is 25.4 Å². The monoisotopic (exact) mass is 270 g/mol. The summed E-state index contributed by atoms with van der Waals surface area (Å²) in [5, 5.41) is 3.54. The highest BCUT2D eigenvalue weighted by Gasteiger charge is 2.11. The predicted octanol–water partition coefficient (Wildman–Crippen LogP) is 3.37. The van der Waals surface area contributed by atoms with Gasteiger partial charge in [-0.1, -0.05) is 19.1 Å². The number of aromatic nitrogens is 1. The fourth-order valence-electron chi connectivity index (χ4n) is 2.30. The molecule has 0 aliphatic carbocycles. The quantitative estimate of drug-likeness (QED) is 0.837. The van der Waals surface area contributed by atoms with Crippen molar-refractivity contribution < 1.29 is 4.74 Å². The van der Waals surface area contributed by atoms with Crippen molar-refractivity contribution in [3.8, 4) is 5.75 Å². The van der Waals surface area contributed by atoms with Crippen LogP contribution in [0, 0.1) is 0 Å². The largest absolute Gasteiger partial charge is 0.494 e. The van der Waals surface area contributed by atoms with Crippen molar-refractivity contribution in [3.05, 3.63) is 59.9 Å². The van der Waals surface area contributed by atoms with Crippen molar-refractivity contribution in [2.75, 3.05) is 13.2 Å². The third kappa shape index (κ3) is 4.07. The van der Waals surface area contributed by atoms with E-state index in [9.17, 15) is 0 Å². The molecule has 0 fully saturated rings. The molecule has 0 amide bonds. The number of likely N-dealkylation sites (N-methyl/N-ethyl adjacent to an activating group) is 1. The fraction of sp³-hybridized carbons (Fsp3) is 0.353. The Morgan fingerprint density at radius 2 is 1.95 bits per heavy atom. The van der Waals surface area contributed by atoms with E-state index < -0.39 is 0 Å². The van der Waals surface area contributed by atoms with Crippen LogP contribution >= 0.6 is 0 Å². The molecular formula is C17H22N2O. The van der Waals surface area contributed by atoms with Crippen molar-refractivity contribution in [1.29, 1.82) is 0 Å². The second-order valence-electron chi connectivity index (χ2n) is 4.68. The third-order valence-electron chi connectivity index (χ3n) is 3.21. The second kappa shape index (κ2) is 7.65. The Morgan fingerprint density at radius 1 is 1.15 bits per heavy atom. The number of pyridine rings is 1. The number of nitrogens with zero attached hydrogens (tertiary/aromatic N) is 1. The molecule has 1 unspecified atom stereocenters. The van der Waals surface area contributed by atoms with Crippen LogP contribution in [0.25, 0.3) is 0 Å². The molecule has 2 aromatic rings. The van der Waals surface area contributed by atoms with E-state index in [0.29, 0.717) is 12.6 Å². The van der Waals surface area contributed by atoms with Gasteiger partial charge in [-0.15, -0.1) is 0 Å². The number of nitrogens with one attached hydrogen (secondary N) is 1. The van der Waals surface area contributed by atoms with Crippen LogP contribution < -0.4 is 10.1 Å². The van der Waals surface area contributed by atoms with E-state index >= 15 is 0 Å². The molecule has 0 saturated heterocycles.